The first-order valence-corrected chi connectivity index (χ1v) is 7.90. The van der Waals surface area contributed by atoms with Crippen LogP contribution in [0, 0.1) is 25.7 Å². The summed E-state index contributed by atoms with van der Waals surface area (Å²) in [5.41, 5.74) is 3.87. The van der Waals surface area contributed by atoms with Gasteiger partial charge in [-0.05, 0) is 50.3 Å². The number of hydrogen-bond donors (Lipinski definition) is 1. The van der Waals surface area contributed by atoms with E-state index >= 15 is 0 Å². The van der Waals surface area contributed by atoms with Gasteiger partial charge >= 0.3 is 0 Å². The molecule has 20 heavy (non-hydrogen) atoms. The number of nitrogens with zero attached hydrogens (tertiary/aromatic N) is 2. The third-order valence-corrected chi connectivity index (χ3v) is 4.03. The van der Waals surface area contributed by atoms with Gasteiger partial charge in [0.05, 0.1) is 0 Å². The number of aromatic nitrogens is 1. The Morgan fingerprint density at radius 1 is 1.40 bits per heavy atom. The van der Waals surface area contributed by atoms with E-state index < -0.39 is 0 Å². The Labute approximate surface area is 123 Å². The summed E-state index contributed by atoms with van der Waals surface area (Å²) >= 11 is 0. The standard InChI is InChI=1S/C17H29N3/c1-12(2)9-18-10-16-14(4)8-15(5)19-17(16)20-7-6-13(3)11-20/h8,12-13,18H,6-7,9-11H2,1-5H3. The summed E-state index contributed by atoms with van der Waals surface area (Å²) in [5, 5.41) is 3.57. The lowest BCUT2D eigenvalue weighted by molar-refractivity contribution is 0.550. The summed E-state index contributed by atoms with van der Waals surface area (Å²) < 4.78 is 0. The SMILES string of the molecule is Cc1cc(C)c(CNCC(C)C)c(N2CCC(C)C2)n1. The van der Waals surface area contributed by atoms with Crippen molar-refractivity contribution in [3.8, 4) is 0 Å². The smallest absolute Gasteiger partial charge is 0.133 e. The minimum atomic E-state index is 0.684. The lowest BCUT2D eigenvalue weighted by Gasteiger charge is -2.23. The molecule has 1 aliphatic rings. The molecular weight excluding hydrogens is 246 g/mol. The van der Waals surface area contributed by atoms with Crippen molar-refractivity contribution in [1.82, 2.24) is 10.3 Å². The van der Waals surface area contributed by atoms with Crippen LogP contribution in [0.5, 0.6) is 0 Å². The monoisotopic (exact) mass is 275 g/mol. The van der Waals surface area contributed by atoms with E-state index in [4.69, 9.17) is 4.98 Å². The zero-order valence-corrected chi connectivity index (χ0v) is 13.7. The molecule has 3 heteroatoms. The molecular formula is C17H29N3. The van der Waals surface area contributed by atoms with Gasteiger partial charge in [-0.3, -0.25) is 0 Å². The van der Waals surface area contributed by atoms with Crippen LogP contribution in [0.15, 0.2) is 6.07 Å². The molecule has 0 spiro atoms. The second kappa shape index (κ2) is 6.57. The predicted molar refractivity (Wildman–Crippen MR) is 86.2 cm³/mol. The molecule has 1 unspecified atom stereocenters. The topological polar surface area (TPSA) is 28.2 Å². The molecule has 1 N–H and O–H groups in total. The molecule has 2 heterocycles. The Hall–Kier alpha value is -1.09. The van der Waals surface area contributed by atoms with Crippen molar-refractivity contribution in [2.24, 2.45) is 11.8 Å². The normalized spacial score (nSPS) is 19.1. The van der Waals surface area contributed by atoms with Crippen LogP contribution >= 0.6 is 0 Å². The maximum Gasteiger partial charge on any atom is 0.133 e. The number of nitrogens with one attached hydrogen (secondary N) is 1. The molecule has 1 atom stereocenters. The Morgan fingerprint density at radius 3 is 2.75 bits per heavy atom. The quantitative estimate of drug-likeness (QED) is 0.894. The Morgan fingerprint density at radius 2 is 2.15 bits per heavy atom. The molecule has 0 radical (unpaired) electrons. The average Bonchev–Trinajstić information content (AvgIpc) is 2.77. The molecule has 1 aliphatic heterocycles. The van der Waals surface area contributed by atoms with Crippen molar-refractivity contribution in [1.29, 1.82) is 0 Å². The summed E-state index contributed by atoms with van der Waals surface area (Å²) in [7, 11) is 0. The van der Waals surface area contributed by atoms with Crippen LogP contribution < -0.4 is 10.2 Å². The predicted octanol–water partition coefficient (Wildman–Crippen LogP) is 3.29. The maximum atomic E-state index is 4.83. The highest BCUT2D eigenvalue weighted by Gasteiger charge is 2.23. The van der Waals surface area contributed by atoms with Gasteiger partial charge in [0.25, 0.3) is 0 Å². The number of rotatable bonds is 5. The molecule has 1 aromatic rings. The molecule has 0 saturated carbocycles. The van der Waals surface area contributed by atoms with E-state index in [9.17, 15) is 0 Å². The van der Waals surface area contributed by atoms with Gasteiger partial charge in [-0.2, -0.15) is 0 Å². The molecule has 1 fully saturated rings. The van der Waals surface area contributed by atoms with Gasteiger partial charge in [0.1, 0.15) is 5.82 Å². The van der Waals surface area contributed by atoms with E-state index in [1.807, 2.05) is 0 Å². The number of hydrogen-bond acceptors (Lipinski definition) is 3. The lowest BCUT2D eigenvalue weighted by atomic mass is 10.1. The van der Waals surface area contributed by atoms with E-state index in [2.05, 4.69) is 50.9 Å². The Balaban J connectivity index is 2.19. The highest BCUT2D eigenvalue weighted by Crippen LogP contribution is 2.27. The largest absolute Gasteiger partial charge is 0.356 e. The highest BCUT2D eigenvalue weighted by atomic mass is 15.2. The minimum Gasteiger partial charge on any atom is -0.356 e. The first kappa shape index (κ1) is 15.3. The van der Waals surface area contributed by atoms with Crippen LogP contribution in [0.1, 0.15) is 44.0 Å². The van der Waals surface area contributed by atoms with Gasteiger partial charge in [0.15, 0.2) is 0 Å². The van der Waals surface area contributed by atoms with Gasteiger partial charge in [-0.25, -0.2) is 4.98 Å². The van der Waals surface area contributed by atoms with Crippen molar-refractivity contribution >= 4 is 5.82 Å². The zero-order chi connectivity index (χ0) is 14.7. The van der Waals surface area contributed by atoms with E-state index in [0.29, 0.717) is 5.92 Å². The summed E-state index contributed by atoms with van der Waals surface area (Å²) in [4.78, 5) is 7.30. The zero-order valence-electron chi connectivity index (χ0n) is 13.7. The Bertz CT molecular complexity index is 454. The van der Waals surface area contributed by atoms with Crippen LogP contribution in [-0.4, -0.2) is 24.6 Å². The lowest BCUT2D eigenvalue weighted by Crippen LogP contribution is -2.26. The molecule has 0 amide bonds. The van der Waals surface area contributed by atoms with Crippen molar-refractivity contribution in [3.05, 3.63) is 22.9 Å². The number of anilines is 1. The maximum absolute atomic E-state index is 4.83. The van der Waals surface area contributed by atoms with Gasteiger partial charge < -0.3 is 10.2 Å². The molecule has 0 aliphatic carbocycles. The highest BCUT2D eigenvalue weighted by molar-refractivity contribution is 5.52. The summed E-state index contributed by atoms with van der Waals surface area (Å²) in [6, 6.07) is 2.20. The van der Waals surface area contributed by atoms with Crippen molar-refractivity contribution in [2.45, 2.75) is 47.6 Å². The number of aryl methyl sites for hydroxylation is 2. The summed E-state index contributed by atoms with van der Waals surface area (Å²) in [6.45, 7) is 15.4. The summed E-state index contributed by atoms with van der Waals surface area (Å²) in [5.74, 6) is 2.68. The Kier molecular flexibility index (Phi) is 5.03. The molecule has 0 aromatic carbocycles. The van der Waals surface area contributed by atoms with Gasteiger partial charge in [-0.1, -0.05) is 20.8 Å². The molecule has 1 aromatic heterocycles. The number of pyridine rings is 1. The fourth-order valence-electron chi connectivity index (χ4n) is 2.94. The average molecular weight is 275 g/mol. The van der Waals surface area contributed by atoms with Crippen molar-refractivity contribution < 1.29 is 0 Å². The molecule has 112 valence electrons. The molecule has 3 nitrogen and oxygen atoms in total. The third kappa shape index (κ3) is 3.72. The van der Waals surface area contributed by atoms with E-state index in [-0.39, 0.29) is 0 Å². The second-order valence-electron chi connectivity index (χ2n) is 6.75. The van der Waals surface area contributed by atoms with Crippen molar-refractivity contribution in [3.63, 3.8) is 0 Å². The van der Waals surface area contributed by atoms with E-state index in [1.54, 1.807) is 0 Å². The molecule has 1 saturated heterocycles. The third-order valence-electron chi connectivity index (χ3n) is 4.03. The van der Waals surface area contributed by atoms with Gasteiger partial charge in [-0.15, -0.1) is 0 Å². The first-order chi connectivity index (χ1) is 9.47. The fourth-order valence-corrected chi connectivity index (χ4v) is 2.94. The van der Waals surface area contributed by atoms with Crippen LogP contribution in [0.4, 0.5) is 5.82 Å². The van der Waals surface area contributed by atoms with E-state index in [0.717, 1.165) is 37.8 Å². The first-order valence-electron chi connectivity index (χ1n) is 7.90. The van der Waals surface area contributed by atoms with Crippen LogP contribution in [-0.2, 0) is 6.54 Å². The van der Waals surface area contributed by atoms with E-state index in [1.165, 1.54) is 23.4 Å². The van der Waals surface area contributed by atoms with Crippen LogP contribution in [0.2, 0.25) is 0 Å². The van der Waals surface area contributed by atoms with Gasteiger partial charge in [0, 0.05) is 30.9 Å². The molecule has 0 bridgehead atoms. The minimum absolute atomic E-state index is 0.684. The van der Waals surface area contributed by atoms with Crippen molar-refractivity contribution in [2.75, 3.05) is 24.5 Å². The van der Waals surface area contributed by atoms with Crippen LogP contribution in [0.25, 0.3) is 0 Å². The van der Waals surface area contributed by atoms with Gasteiger partial charge in [0.2, 0.25) is 0 Å². The second-order valence-corrected chi connectivity index (χ2v) is 6.75. The fraction of sp³-hybridized carbons (Fsp3) is 0.706. The van der Waals surface area contributed by atoms with Crippen LogP contribution in [0.3, 0.4) is 0 Å². The molecule has 2 rings (SSSR count). The summed E-state index contributed by atoms with van der Waals surface area (Å²) in [6.07, 6.45) is 1.29.